The molecule has 0 aromatic carbocycles. The molecule has 1 aliphatic heterocycles. The van der Waals surface area contributed by atoms with Crippen LogP contribution in [0.5, 0.6) is 0 Å². The van der Waals surface area contributed by atoms with Gasteiger partial charge in [0.1, 0.15) is 5.69 Å². The molecule has 2 heterocycles. The van der Waals surface area contributed by atoms with Crippen LogP contribution < -0.4 is 11.1 Å². The summed E-state index contributed by atoms with van der Waals surface area (Å²) in [6.07, 6.45) is 5.29. The number of nitrogens with two attached hydrogens (primary N) is 1. The molecule has 5 heteroatoms. The Kier molecular flexibility index (Phi) is 3.68. The van der Waals surface area contributed by atoms with Gasteiger partial charge in [0.05, 0.1) is 0 Å². The number of nitrogens with zero attached hydrogens (tertiary/aromatic N) is 1. The predicted octanol–water partition coefficient (Wildman–Crippen LogP) is 0.811. The van der Waals surface area contributed by atoms with Gasteiger partial charge in [0.25, 0.3) is 5.91 Å². The fourth-order valence-electron chi connectivity index (χ4n) is 2.25. The third kappa shape index (κ3) is 3.00. The fourth-order valence-corrected chi connectivity index (χ4v) is 2.25. The number of aromatic nitrogens is 1. The van der Waals surface area contributed by atoms with Gasteiger partial charge in [0.15, 0.2) is 0 Å². The van der Waals surface area contributed by atoms with Gasteiger partial charge >= 0.3 is 0 Å². The highest BCUT2D eigenvalue weighted by Crippen LogP contribution is 2.14. The van der Waals surface area contributed by atoms with E-state index in [-0.39, 0.29) is 5.91 Å². The van der Waals surface area contributed by atoms with E-state index in [2.05, 4.69) is 22.2 Å². The number of aromatic amines is 1. The van der Waals surface area contributed by atoms with Crippen LogP contribution in [-0.2, 0) is 0 Å². The Labute approximate surface area is 101 Å². The third-order valence-electron chi connectivity index (χ3n) is 3.37. The van der Waals surface area contributed by atoms with Gasteiger partial charge in [-0.3, -0.25) is 4.79 Å². The van der Waals surface area contributed by atoms with Gasteiger partial charge in [0, 0.05) is 24.5 Å². The average Bonchev–Trinajstić information content (AvgIpc) is 2.74. The number of likely N-dealkylation sites (N-methyl/N-ethyl adjacent to an activating group) is 1. The minimum atomic E-state index is -0.0827. The van der Waals surface area contributed by atoms with Gasteiger partial charge in [-0.15, -0.1) is 0 Å². The first-order chi connectivity index (χ1) is 8.16. The highest BCUT2D eigenvalue weighted by Gasteiger charge is 2.19. The lowest BCUT2D eigenvalue weighted by molar-refractivity contribution is 0.0924. The van der Waals surface area contributed by atoms with Crippen LogP contribution in [0, 0.1) is 0 Å². The first kappa shape index (κ1) is 12.0. The number of carbonyl (C=O) groups is 1. The first-order valence-electron chi connectivity index (χ1n) is 6.09. The summed E-state index contributed by atoms with van der Waals surface area (Å²) >= 11 is 0. The standard InChI is InChI=1S/C12H20N4O/c1-16-5-3-2-4-10(16)8-15-12(17)11-6-9(13)7-14-11/h6-7,10,14H,2-5,8,13H2,1H3,(H,15,17). The molecule has 1 aliphatic rings. The Morgan fingerprint density at radius 2 is 2.47 bits per heavy atom. The van der Waals surface area contributed by atoms with E-state index in [0.29, 0.717) is 24.0 Å². The Morgan fingerprint density at radius 1 is 1.65 bits per heavy atom. The van der Waals surface area contributed by atoms with Crippen molar-refractivity contribution in [1.29, 1.82) is 0 Å². The summed E-state index contributed by atoms with van der Waals surface area (Å²) in [7, 11) is 2.11. The fraction of sp³-hybridized carbons (Fsp3) is 0.583. The quantitative estimate of drug-likeness (QED) is 0.727. The lowest BCUT2D eigenvalue weighted by atomic mass is 10.0. The molecule has 1 unspecified atom stereocenters. The second-order valence-electron chi connectivity index (χ2n) is 4.69. The first-order valence-corrected chi connectivity index (χ1v) is 6.09. The van der Waals surface area contributed by atoms with Gasteiger partial charge in [-0.1, -0.05) is 6.42 Å². The minimum absolute atomic E-state index is 0.0827. The smallest absolute Gasteiger partial charge is 0.267 e. The minimum Gasteiger partial charge on any atom is -0.397 e. The molecule has 94 valence electrons. The molecule has 0 bridgehead atoms. The number of likely N-dealkylation sites (tertiary alicyclic amines) is 1. The van der Waals surface area contributed by atoms with Crippen LogP contribution in [0.3, 0.4) is 0 Å². The van der Waals surface area contributed by atoms with Gasteiger partial charge in [0.2, 0.25) is 0 Å². The lowest BCUT2D eigenvalue weighted by Crippen LogP contribution is -2.44. The number of rotatable bonds is 3. The van der Waals surface area contributed by atoms with E-state index in [9.17, 15) is 4.79 Å². The molecule has 4 N–H and O–H groups in total. The van der Waals surface area contributed by atoms with Crippen molar-refractivity contribution in [2.75, 3.05) is 25.9 Å². The molecule has 1 atom stereocenters. The SMILES string of the molecule is CN1CCCCC1CNC(=O)c1cc(N)c[nH]1. The van der Waals surface area contributed by atoms with Crippen molar-refractivity contribution in [2.24, 2.45) is 0 Å². The molecule has 1 amide bonds. The molecule has 0 spiro atoms. The molecule has 0 saturated carbocycles. The number of carbonyl (C=O) groups excluding carboxylic acids is 1. The number of hydrogen-bond acceptors (Lipinski definition) is 3. The number of nitrogen functional groups attached to an aromatic ring is 1. The van der Waals surface area contributed by atoms with Crippen LogP contribution in [0.4, 0.5) is 5.69 Å². The molecule has 2 rings (SSSR count). The summed E-state index contributed by atoms with van der Waals surface area (Å²) in [5.41, 5.74) is 6.67. The van der Waals surface area contributed by atoms with Crippen molar-refractivity contribution in [2.45, 2.75) is 25.3 Å². The van der Waals surface area contributed by atoms with Crippen LogP contribution >= 0.6 is 0 Å². The number of piperidine rings is 1. The number of amides is 1. The van der Waals surface area contributed by atoms with E-state index < -0.39 is 0 Å². The van der Waals surface area contributed by atoms with Crippen LogP contribution in [0.2, 0.25) is 0 Å². The maximum atomic E-state index is 11.8. The average molecular weight is 236 g/mol. The highest BCUT2D eigenvalue weighted by atomic mass is 16.1. The molecule has 0 aliphatic carbocycles. The van der Waals surface area contributed by atoms with E-state index in [1.165, 1.54) is 12.8 Å². The van der Waals surface area contributed by atoms with Crippen LogP contribution in [0.15, 0.2) is 12.3 Å². The molecular formula is C12H20N4O. The summed E-state index contributed by atoms with van der Waals surface area (Å²) < 4.78 is 0. The summed E-state index contributed by atoms with van der Waals surface area (Å²) in [6, 6.07) is 2.11. The largest absolute Gasteiger partial charge is 0.397 e. The molecular weight excluding hydrogens is 216 g/mol. The number of nitrogens with one attached hydrogen (secondary N) is 2. The molecule has 1 aromatic rings. The second-order valence-corrected chi connectivity index (χ2v) is 4.69. The Balaban J connectivity index is 1.83. The zero-order valence-corrected chi connectivity index (χ0v) is 10.2. The van der Waals surface area contributed by atoms with Gasteiger partial charge < -0.3 is 20.9 Å². The topological polar surface area (TPSA) is 74.2 Å². The zero-order valence-electron chi connectivity index (χ0n) is 10.2. The Bertz CT molecular complexity index is 388. The lowest BCUT2D eigenvalue weighted by Gasteiger charge is -2.32. The van der Waals surface area contributed by atoms with Crippen molar-refractivity contribution in [3.63, 3.8) is 0 Å². The van der Waals surface area contributed by atoms with Crippen molar-refractivity contribution >= 4 is 11.6 Å². The van der Waals surface area contributed by atoms with Crippen LogP contribution in [0.1, 0.15) is 29.8 Å². The van der Waals surface area contributed by atoms with Gasteiger partial charge in [-0.05, 0) is 32.5 Å². The predicted molar refractivity (Wildman–Crippen MR) is 67.8 cm³/mol. The Morgan fingerprint density at radius 3 is 3.12 bits per heavy atom. The van der Waals surface area contributed by atoms with Crippen LogP contribution in [0.25, 0.3) is 0 Å². The van der Waals surface area contributed by atoms with Gasteiger partial charge in [-0.25, -0.2) is 0 Å². The van der Waals surface area contributed by atoms with Crippen molar-refractivity contribution < 1.29 is 4.79 Å². The van der Waals surface area contributed by atoms with E-state index in [1.54, 1.807) is 12.3 Å². The van der Waals surface area contributed by atoms with E-state index in [1.807, 2.05) is 0 Å². The summed E-state index contributed by atoms with van der Waals surface area (Å²) in [5.74, 6) is -0.0827. The molecule has 5 nitrogen and oxygen atoms in total. The number of H-pyrrole nitrogens is 1. The zero-order chi connectivity index (χ0) is 12.3. The summed E-state index contributed by atoms with van der Waals surface area (Å²) in [5, 5.41) is 2.94. The van der Waals surface area contributed by atoms with Gasteiger partial charge in [-0.2, -0.15) is 0 Å². The monoisotopic (exact) mass is 236 g/mol. The second kappa shape index (κ2) is 5.23. The molecule has 17 heavy (non-hydrogen) atoms. The molecule has 1 aromatic heterocycles. The van der Waals surface area contributed by atoms with Crippen molar-refractivity contribution in [1.82, 2.24) is 15.2 Å². The summed E-state index contributed by atoms with van der Waals surface area (Å²) in [4.78, 5) is 17.0. The maximum absolute atomic E-state index is 11.8. The van der Waals surface area contributed by atoms with Crippen molar-refractivity contribution in [3.05, 3.63) is 18.0 Å². The number of hydrogen-bond donors (Lipinski definition) is 3. The van der Waals surface area contributed by atoms with E-state index in [0.717, 1.165) is 13.0 Å². The number of anilines is 1. The summed E-state index contributed by atoms with van der Waals surface area (Å²) in [6.45, 7) is 1.82. The molecule has 1 fully saturated rings. The van der Waals surface area contributed by atoms with E-state index >= 15 is 0 Å². The molecule has 0 radical (unpaired) electrons. The normalized spacial score (nSPS) is 21.4. The third-order valence-corrected chi connectivity index (χ3v) is 3.37. The maximum Gasteiger partial charge on any atom is 0.267 e. The van der Waals surface area contributed by atoms with Crippen LogP contribution in [-0.4, -0.2) is 42.0 Å². The molecule has 1 saturated heterocycles. The van der Waals surface area contributed by atoms with Crippen molar-refractivity contribution in [3.8, 4) is 0 Å². The van der Waals surface area contributed by atoms with E-state index in [4.69, 9.17) is 5.73 Å². The highest BCUT2D eigenvalue weighted by molar-refractivity contribution is 5.93. The Hall–Kier alpha value is -1.49.